The monoisotopic (exact) mass is 451 g/mol. The van der Waals surface area contributed by atoms with Gasteiger partial charge in [-0.3, -0.25) is 23.9 Å². The van der Waals surface area contributed by atoms with Gasteiger partial charge in [0, 0.05) is 26.3 Å². The van der Waals surface area contributed by atoms with Gasteiger partial charge in [-0.15, -0.1) is 0 Å². The lowest BCUT2D eigenvalue weighted by Gasteiger charge is -2.25. The second-order valence-electron chi connectivity index (χ2n) is 7.71. The zero-order chi connectivity index (χ0) is 23.5. The van der Waals surface area contributed by atoms with E-state index in [9.17, 15) is 23.9 Å². The van der Waals surface area contributed by atoms with Crippen LogP contribution in [-0.4, -0.2) is 42.9 Å². The van der Waals surface area contributed by atoms with Gasteiger partial charge in [-0.1, -0.05) is 18.2 Å². The maximum Gasteiger partial charge on any atom is 0.296 e. The number of aromatic nitrogens is 3. The molecule has 0 spiro atoms. The molecule has 1 aromatic carbocycles. The molecule has 4 rings (SSSR count). The van der Waals surface area contributed by atoms with Crippen LogP contribution < -0.4 is 10.9 Å². The van der Waals surface area contributed by atoms with E-state index in [4.69, 9.17) is 0 Å². The molecule has 1 unspecified atom stereocenters. The van der Waals surface area contributed by atoms with Crippen molar-refractivity contribution in [3.8, 4) is 5.75 Å². The van der Waals surface area contributed by atoms with Crippen molar-refractivity contribution in [3.05, 3.63) is 87.6 Å². The Morgan fingerprint density at radius 1 is 1.21 bits per heavy atom. The summed E-state index contributed by atoms with van der Waals surface area (Å²) in [6.07, 6.45) is 2.75. The molecule has 0 saturated carbocycles. The summed E-state index contributed by atoms with van der Waals surface area (Å²) in [5.74, 6) is -2.04. The van der Waals surface area contributed by atoms with Gasteiger partial charge < -0.3 is 15.3 Å². The molecule has 170 valence electrons. The van der Waals surface area contributed by atoms with E-state index < -0.39 is 34.8 Å². The topological polar surface area (TPSA) is 117 Å². The molecule has 2 N–H and O–H groups in total. The molecule has 3 aromatic rings. The highest BCUT2D eigenvalue weighted by Crippen LogP contribution is 2.32. The summed E-state index contributed by atoms with van der Waals surface area (Å²) in [5.41, 5.74) is -0.307. The first-order valence-corrected chi connectivity index (χ1v) is 10.4. The number of likely N-dealkylation sites (tertiary alicyclic amines) is 1. The first kappa shape index (κ1) is 22.1. The molecule has 1 atom stereocenters. The van der Waals surface area contributed by atoms with Crippen molar-refractivity contribution in [2.75, 3.05) is 6.54 Å². The molecule has 0 bridgehead atoms. The number of rotatable bonds is 5. The minimum absolute atomic E-state index is 0.0541. The number of halogens is 1. The summed E-state index contributed by atoms with van der Waals surface area (Å²) in [5, 5.41) is 12.9. The number of carbonyl (C=O) groups is 2. The van der Waals surface area contributed by atoms with Crippen molar-refractivity contribution in [3.63, 3.8) is 0 Å². The van der Waals surface area contributed by atoms with Crippen LogP contribution in [0.4, 0.5) is 4.39 Å². The van der Waals surface area contributed by atoms with Gasteiger partial charge in [-0.25, -0.2) is 9.37 Å². The average Bonchev–Trinajstić information content (AvgIpc) is 3.32. The predicted octanol–water partition coefficient (Wildman–Crippen LogP) is 1.93. The van der Waals surface area contributed by atoms with E-state index in [1.807, 2.05) is 0 Å². The third kappa shape index (κ3) is 4.45. The molecule has 1 fully saturated rings. The van der Waals surface area contributed by atoms with Crippen LogP contribution in [0.3, 0.4) is 0 Å². The second kappa shape index (κ2) is 9.19. The fraction of sp³-hybridized carbons (Fsp3) is 0.261. The van der Waals surface area contributed by atoms with Gasteiger partial charge in [0.25, 0.3) is 17.4 Å². The van der Waals surface area contributed by atoms with Gasteiger partial charge in [0.15, 0.2) is 5.69 Å². The lowest BCUT2D eigenvalue weighted by Crippen LogP contribution is -2.36. The highest BCUT2D eigenvalue weighted by atomic mass is 19.1. The van der Waals surface area contributed by atoms with Crippen molar-refractivity contribution < 1.29 is 19.1 Å². The fourth-order valence-electron chi connectivity index (χ4n) is 3.85. The van der Waals surface area contributed by atoms with Gasteiger partial charge >= 0.3 is 0 Å². The van der Waals surface area contributed by atoms with Crippen LogP contribution in [0.15, 0.2) is 53.5 Å². The highest BCUT2D eigenvalue weighted by molar-refractivity contribution is 5.95. The smallest absolute Gasteiger partial charge is 0.296 e. The molecule has 33 heavy (non-hydrogen) atoms. The standard InChI is InChI=1S/C23H22FN5O4/c1-28-20(17-6-4-12-29(17)22(32)16-5-2-3-11-25-16)27-18(19(30)23(28)33)21(31)26-13-14-7-9-15(24)10-8-14/h2-3,5,7-11,17,30H,4,6,12-13H2,1H3,(H,26,31). The summed E-state index contributed by atoms with van der Waals surface area (Å²) in [7, 11) is 1.44. The lowest BCUT2D eigenvalue weighted by atomic mass is 10.1. The average molecular weight is 451 g/mol. The van der Waals surface area contributed by atoms with E-state index in [1.54, 1.807) is 23.1 Å². The molecule has 10 heteroatoms. The SMILES string of the molecule is Cn1c(C2CCCN2C(=O)c2ccccn2)nc(C(=O)NCc2ccc(F)cc2)c(O)c1=O. The van der Waals surface area contributed by atoms with E-state index in [2.05, 4.69) is 15.3 Å². The maximum absolute atomic E-state index is 13.1. The molecule has 3 heterocycles. The number of nitrogens with zero attached hydrogens (tertiary/aromatic N) is 4. The van der Waals surface area contributed by atoms with Gasteiger partial charge in [0.1, 0.15) is 17.3 Å². The van der Waals surface area contributed by atoms with Gasteiger partial charge in [-0.2, -0.15) is 0 Å². The number of carbonyl (C=O) groups excluding carboxylic acids is 2. The summed E-state index contributed by atoms with van der Waals surface area (Å²) in [4.78, 5) is 48.3. The van der Waals surface area contributed by atoms with Gasteiger partial charge in [-0.05, 0) is 42.7 Å². The zero-order valence-corrected chi connectivity index (χ0v) is 17.9. The number of nitrogens with one attached hydrogen (secondary N) is 1. The van der Waals surface area contributed by atoms with E-state index in [0.29, 0.717) is 24.9 Å². The number of pyridine rings is 1. The summed E-state index contributed by atoms with van der Waals surface area (Å²) in [6, 6.07) is 10.0. The molecule has 0 aliphatic carbocycles. The Morgan fingerprint density at radius 3 is 2.67 bits per heavy atom. The number of hydrogen-bond donors (Lipinski definition) is 2. The molecule has 1 aliphatic rings. The molecule has 0 radical (unpaired) electrons. The Hall–Kier alpha value is -4.08. The Bertz CT molecular complexity index is 1240. The van der Waals surface area contributed by atoms with Crippen LogP contribution in [-0.2, 0) is 13.6 Å². The Morgan fingerprint density at radius 2 is 1.97 bits per heavy atom. The Balaban J connectivity index is 1.62. The minimum Gasteiger partial charge on any atom is -0.501 e. The molecular formula is C23H22FN5O4. The third-order valence-corrected chi connectivity index (χ3v) is 5.58. The normalized spacial score (nSPS) is 15.5. The first-order valence-electron chi connectivity index (χ1n) is 10.4. The lowest BCUT2D eigenvalue weighted by molar-refractivity contribution is 0.0721. The van der Waals surface area contributed by atoms with Crippen molar-refractivity contribution in [1.82, 2.24) is 24.8 Å². The van der Waals surface area contributed by atoms with Crippen molar-refractivity contribution in [2.45, 2.75) is 25.4 Å². The predicted molar refractivity (Wildman–Crippen MR) is 116 cm³/mol. The highest BCUT2D eigenvalue weighted by Gasteiger charge is 2.35. The van der Waals surface area contributed by atoms with E-state index in [-0.39, 0.29) is 24.0 Å². The minimum atomic E-state index is -0.788. The second-order valence-corrected chi connectivity index (χ2v) is 7.71. The molecule has 1 saturated heterocycles. The van der Waals surface area contributed by atoms with Crippen LogP contribution >= 0.6 is 0 Å². The Labute approximate surface area is 188 Å². The van der Waals surface area contributed by atoms with E-state index in [0.717, 1.165) is 4.57 Å². The number of benzene rings is 1. The first-order chi connectivity index (χ1) is 15.9. The molecular weight excluding hydrogens is 429 g/mol. The van der Waals surface area contributed by atoms with E-state index in [1.165, 1.54) is 37.5 Å². The summed E-state index contributed by atoms with van der Waals surface area (Å²) >= 11 is 0. The number of aromatic hydroxyl groups is 1. The molecule has 2 aromatic heterocycles. The maximum atomic E-state index is 13.1. The zero-order valence-electron chi connectivity index (χ0n) is 17.9. The van der Waals surface area contributed by atoms with Crippen LogP contribution in [0.2, 0.25) is 0 Å². The van der Waals surface area contributed by atoms with Crippen molar-refractivity contribution >= 4 is 11.8 Å². The van der Waals surface area contributed by atoms with Crippen molar-refractivity contribution in [1.29, 1.82) is 0 Å². The van der Waals surface area contributed by atoms with Gasteiger partial charge in [0.2, 0.25) is 5.75 Å². The number of amides is 2. The van der Waals surface area contributed by atoms with Crippen LogP contribution in [0, 0.1) is 5.82 Å². The third-order valence-electron chi connectivity index (χ3n) is 5.58. The van der Waals surface area contributed by atoms with Crippen LogP contribution in [0.1, 0.15) is 51.2 Å². The number of hydrogen-bond acceptors (Lipinski definition) is 6. The fourth-order valence-corrected chi connectivity index (χ4v) is 3.85. The van der Waals surface area contributed by atoms with Gasteiger partial charge in [0.05, 0.1) is 6.04 Å². The molecule has 9 nitrogen and oxygen atoms in total. The van der Waals surface area contributed by atoms with Crippen LogP contribution in [0.5, 0.6) is 5.75 Å². The molecule has 2 amide bonds. The van der Waals surface area contributed by atoms with Crippen LogP contribution in [0.25, 0.3) is 0 Å². The quantitative estimate of drug-likeness (QED) is 0.612. The summed E-state index contributed by atoms with van der Waals surface area (Å²) in [6.45, 7) is 0.501. The molecule has 1 aliphatic heterocycles. The summed E-state index contributed by atoms with van der Waals surface area (Å²) < 4.78 is 14.2. The van der Waals surface area contributed by atoms with E-state index >= 15 is 0 Å². The Kier molecular flexibility index (Phi) is 6.16. The largest absolute Gasteiger partial charge is 0.501 e. The van der Waals surface area contributed by atoms with Crippen molar-refractivity contribution in [2.24, 2.45) is 7.05 Å².